The van der Waals surface area contributed by atoms with Gasteiger partial charge in [0.05, 0.1) is 0 Å². The highest BCUT2D eigenvalue weighted by molar-refractivity contribution is 5.85. The number of anilines is 1. The summed E-state index contributed by atoms with van der Waals surface area (Å²) in [7, 11) is 2.21. The maximum Gasteiger partial charge on any atom is 0.160 e. The molecule has 0 N–H and O–H groups in total. The molecule has 2 saturated heterocycles. The van der Waals surface area contributed by atoms with Crippen molar-refractivity contribution in [2.24, 2.45) is 11.8 Å². The molecule has 6 nitrogen and oxygen atoms in total. The number of fused-ring (bicyclic) bond motifs is 1. The maximum absolute atomic E-state index is 4.38. The third-order valence-corrected chi connectivity index (χ3v) is 4.40. The van der Waals surface area contributed by atoms with Crippen LogP contribution < -0.4 is 4.90 Å². The first-order valence-corrected chi connectivity index (χ1v) is 7.05. The number of imidazole rings is 1. The van der Waals surface area contributed by atoms with Crippen molar-refractivity contribution in [2.75, 3.05) is 38.1 Å². The molecule has 21 heavy (non-hydrogen) atoms. The lowest BCUT2D eigenvalue weighted by Crippen LogP contribution is -2.27. The van der Waals surface area contributed by atoms with E-state index in [1.807, 2.05) is 16.8 Å². The second kappa shape index (κ2) is 5.61. The highest BCUT2D eigenvalue weighted by atomic mass is 35.5. The van der Waals surface area contributed by atoms with E-state index in [2.05, 4.69) is 38.1 Å². The van der Waals surface area contributed by atoms with Gasteiger partial charge in [0.2, 0.25) is 0 Å². The molecule has 2 atom stereocenters. The molecular formula is C14H19ClN6. The fourth-order valence-corrected chi connectivity index (χ4v) is 3.43. The number of nitrogens with zero attached hydrogens (tertiary/aromatic N) is 6. The molecule has 0 aromatic carbocycles. The molecule has 0 spiro atoms. The van der Waals surface area contributed by atoms with Crippen molar-refractivity contribution in [1.82, 2.24) is 24.6 Å². The summed E-state index contributed by atoms with van der Waals surface area (Å²) in [6.07, 6.45) is 5.35. The minimum Gasteiger partial charge on any atom is -0.354 e. The molecule has 7 heteroatoms. The second-order valence-electron chi connectivity index (χ2n) is 5.87. The fraction of sp³-hybridized carbons (Fsp3) is 0.500. The van der Waals surface area contributed by atoms with Gasteiger partial charge in [0, 0.05) is 38.6 Å². The van der Waals surface area contributed by atoms with E-state index in [9.17, 15) is 0 Å². The number of hydrogen-bond acceptors (Lipinski definition) is 5. The van der Waals surface area contributed by atoms with Gasteiger partial charge in [-0.05, 0) is 31.0 Å². The highest BCUT2D eigenvalue weighted by Crippen LogP contribution is 2.32. The lowest BCUT2D eigenvalue weighted by molar-refractivity contribution is 0.386. The predicted octanol–water partition coefficient (Wildman–Crippen LogP) is 1.08. The molecule has 2 fully saturated rings. The highest BCUT2D eigenvalue weighted by Gasteiger charge is 2.39. The molecular weight excluding hydrogens is 288 g/mol. The summed E-state index contributed by atoms with van der Waals surface area (Å²) in [6, 6.07) is 4.07. The van der Waals surface area contributed by atoms with Gasteiger partial charge in [-0.2, -0.15) is 0 Å². The van der Waals surface area contributed by atoms with E-state index in [0.29, 0.717) is 0 Å². The van der Waals surface area contributed by atoms with Crippen LogP contribution in [0.25, 0.3) is 5.82 Å². The molecule has 4 heterocycles. The van der Waals surface area contributed by atoms with Crippen molar-refractivity contribution in [3.8, 4) is 5.82 Å². The van der Waals surface area contributed by atoms with Crippen LogP contribution in [0.15, 0.2) is 30.9 Å². The van der Waals surface area contributed by atoms with E-state index < -0.39 is 0 Å². The van der Waals surface area contributed by atoms with Gasteiger partial charge in [0.25, 0.3) is 0 Å². The maximum atomic E-state index is 4.38. The van der Waals surface area contributed by atoms with Crippen LogP contribution in [0.2, 0.25) is 0 Å². The van der Waals surface area contributed by atoms with Crippen LogP contribution in [0.4, 0.5) is 5.82 Å². The van der Waals surface area contributed by atoms with E-state index in [4.69, 9.17) is 0 Å². The first-order valence-electron chi connectivity index (χ1n) is 7.05. The van der Waals surface area contributed by atoms with Crippen LogP contribution in [0, 0.1) is 11.8 Å². The minimum absolute atomic E-state index is 0. The summed E-state index contributed by atoms with van der Waals surface area (Å²) in [5.41, 5.74) is 0. The van der Waals surface area contributed by atoms with Gasteiger partial charge in [-0.1, -0.05) is 0 Å². The van der Waals surface area contributed by atoms with Crippen molar-refractivity contribution in [3.63, 3.8) is 0 Å². The summed E-state index contributed by atoms with van der Waals surface area (Å²) in [6.45, 7) is 4.63. The topological polar surface area (TPSA) is 50.1 Å². The van der Waals surface area contributed by atoms with E-state index in [-0.39, 0.29) is 12.4 Å². The first kappa shape index (κ1) is 14.3. The van der Waals surface area contributed by atoms with Crippen LogP contribution in [-0.2, 0) is 0 Å². The summed E-state index contributed by atoms with van der Waals surface area (Å²) in [5, 5.41) is 8.67. The summed E-state index contributed by atoms with van der Waals surface area (Å²) in [4.78, 5) is 8.82. The van der Waals surface area contributed by atoms with Gasteiger partial charge in [-0.15, -0.1) is 22.6 Å². The molecule has 2 aromatic heterocycles. The Balaban J connectivity index is 0.00000132. The van der Waals surface area contributed by atoms with Crippen molar-refractivity contribution in [3.05, 3.63) is 30.9 Å². The molecule has 0 radical (unpaired) electrons. The molecule has 2 aliphatic rings. The standard InChI is InChI=1S/C14H18N6.ClH/c1-18-6-11-8-20(9-12(11)7-18)14-3-2-13(16-17-14)19-5-4-15-10-19;/h2-5,10-12H,6-9H2,1H3;1H. The average Bonchev–Trinajstić information content (AvgIpc) is 3.13. The Bertz CT molecular complexity index is 570. The summed E-state index contributed by atoms with van der Waals surface area (Å²) in [5.74, 6) is 3.38. The van der Waals surface area contributed by atoms with Gasteiger partial charge in [0.1, 0.15) is 6.33 Å². The smallest absolute Gasteiger partial charge is 0.160 e. The van der Waals surface area contributed by atoms with Crippen LogP contribution in [0.3, 0.4) is 0 Å². The molecule has 0 aliphatic carbocycles. The summed E-state index contributed by atoms with van der Waals surface area (Å²) < 4.78 is 1.87. The largest absolute Gasteiger partial charge is 0.354 e. The normalized spacial score (nSPS) is 24.9. The van der Waals surface area contributed by atoms with Crippen molar-refractivity contribution < 1.29 is 0 Å². The van der Waals surface area contributed by atoms with Crippen LogP contribution in [-0.4, -0.2) is 57.9 Å². The van der Waals surface area contributed by atoms with Gasteiger partial charge in [-0.3, -0.25) is 4.57 Å². The van der Waals surface area contributed by atoms with Crippen LogP contribution >= 0.6 is 12.4 Å². The average molecular weight is 307 g/mol. The van der Waals surface area contributed by atoms with Crippen molar-refractivity contribution >= 4 is 18.2 Å². The quantitative estimate of drug-likeness (QED) is 0.831. The van der Waals surface area contributed by atoms with Gasteiger partial charge in [-0.25, -0.2) is 4.98 Å². The Labute approximate surface area is 130 Å². The van der Waals surface area contributed by atoms with E-state index in [1.165, 1.54) is 13.1 Å². The SMILES string of the molecule is CN1CC2CN(c3ccc(-n4ccnc4)nn3)CC2C1.Cl. The molecule has 0 saturated carbocycles. The fourth-order valence-electron chi connectivity index (χ4n) is 3.43. The Morgan fingerprint density at radius 3 is 2.24 bits per heavy atom. The van der Waals surface area contributed by atoms with E-state index >= 15 is 0 Å². The molecule has 2 unspecified atom stereocenters. The first-order chi connectivity index (χ1) is 9.79. The Morgan fingerprint density at radius 1 is 1.00 bits per heavy atom. The predicted molar refractivity (Wildman–Crippen MR) is 83.1 cm³/mol. The van der Waals surface area contributed by atoms with Gasteiger partial charge < -0.3 is 9.80 Å². The van der Waals surface area contributed by atoms with Gasteiger partial charge in [0.15, 0.2) is 11.6 Å². The third-order valence-electron chi connectivity index (χ3n) is 4.40. The van der Waals surface area contributed by atoms with Gasteiger partial charge >= 0.3 is 0 Å². The van der Waals surface area contributed by atoms with Crippen molar-refractivity contribution in [1.29, 1.82) is 0 Å². The number of aromatic nitrogens is 4. The van der Waals surface area contributed by atoms with Crippen molar-refractivity contribution in [2.45, 2.75) is 0 Å². The molecule has 112 valence electrons. The number of rotatable bonds is 2. The lowest BCUT2D eigenvalue weighted by Gasteiger charge is -2.19. The number of likely N-dealkylation sites (tertiary alicyclic amines) is 1. The monoisotopic (exact) mass is 306 g/mol. The zero-order valence-electron chi connectivity index (χ0n) is 12.0. The Hall–Kier alpha value is -1.66. The second-order valence-corrected chi connectivity index (χ2v) is 5.87. The lowest BCUT2D eigenvalue weighted by atomic mass is 10.0. The van der Waals surface area contributed by atoms with Crippen LogP contribution in [0.5, 0.6) is 0 Å². The third kappa shape index (κ3) is 2.61. The molecule has 4 rings (SSSR count). The number of hydrogen-bond donors (Lipinski definition) is 0. The van der Waals surface area contributed by atoms with Crippen LogP contribution in [0.1, 0.15) is 0 Å². The number of halogens is 1. The zero-order chi connectivity index (χ0) is 13.5. The summed E-state index contributed by atoms with van der Waals surface area (Å²) >= 11 is 0. The molecule has 0 amide bonds. The molecule has 2 aliphatic heterocycles. The van der Waals surface area contributed by atoms with E-state index in [1.54, 1.807) is 12.5 Å². The minimum atomic E-state index is 0. The zero-order valence-corrected chi connectivity index (χ0v) is 12.8. The molecule has 2 aromatic rings. The van der Waals surface area contributed by atoms with E-state index in [0.717, 1.165) is 36.6 Å². The molecule has 0 bridgehead atoms. The Kier molecular flexibility index (Phi) is 3.82. The Morgan fingerprint density at radius 2 is 1.67 bits per heavy atom.